The second-order valence-electron chi connectivity index (χ2n) is 1.86. The second kappa shape index (κ2) is 2.51. The summed E-state index contributed by atoms with van der Waals surface area (Å²) in [5, 5.41) is 0. The third-order valence-corrected chi connectivity index (χ3v) is 1.15. The highest BCUT2D eigenvalue weighted by Gasteiger charge is 1.95. The third kappa shape index (κ3) is 1.00. The van der Waals surface area contributed by atoms with Gasteiger partial charge in [0, 0.05) is 6.20 Å². The predicted molar refractivity (Wildman–Crippen MR) is 35.7 cm³/mol. The van der Waals surface area contributed by atoms with Gasteiger partial charge in [-0.25, -0.2) is 0 Å². The van der Waals surface area contributed by atoms with Crippen molar-refractivity contribution >= 4 is 0 Å². The van der Waals surface area contributed by atoms with Crippen LogP contribution in [0.15, 0.2) is 17.2 Å². The lowest BCUT2D eigenvalue weighted by Gasteiger charge is -2.03. The summed E-state index contributed by atoms with van der Waals surface area (Å²) in [6.07, 6.45) is 2.77. The van der Waals surface area contributed by atoms with Crippen LogP contribution in [0.4, 0.5) is 0 Å². The van der Waals surface area contributed by atoms with Gasteiger partial charge in [0.1, 0.15) is 7.11 Å². The number of aryl methyl sites for hydroxylation is 1. The summed E-state index contributed by atoms with van der Waals surface area (Å²) < 4.78 is 1.17. The maximum atomic E-state index is 10.8. The first kappa shape index (κ1) is 6.80. The van der Waals surface area contributed by atoms with Crippen LogP contribution in [0.1, 0.15) is 5.69 Å². The Morgan fingerprint density at radius 3 is 2.70 bits per heavy atom. The monoisotopic (exact) mass is 140 g/mol. The maximum absolute atomic E-state index is 10.8. The summed E-state index contributed by atoms with van der Waals surface area (Å²) in [6, 6.07) is 0. The molecule has 0 saturated heterocycles. The minimum Gasteiger partial charge on any atom is -0.414 e. The van der Waals surface area contributed by atoms with Crippen LogP contribution in [0, 0.1) is 6.92 Å². The molecule has 0 aliphatic heterocycles. The summed E-state index contributed by atoms with van der Waals surface area (Å²) in [7, 11) is 1.44. The summed E-state index contributed by atoms with van der Waals surface area (Å²) >= 11 is 0. The van der Waals surface area contributed by atoms with E-state index < -0.39 is 0 Å². The molecule has 0 aliphatic rings. The fourth-order valence-electron chi connectivity index (χ4n) is 0.722. The molecule has 0 atom stereocenters. The lowest BCUT2D eigenvalue weighted by molar-refractivity contribution is 0.150. The molecule has 0 bridgehead atoms. The van der Waals surface area contributed by atoms with Gasteiger partial charge < -0.3 is 4.84 Å². The van der Waals surface area contributed by atoms with E-state index in [1.807, 2.05) is 0 Å². The number of hydrogen-bond acceptors (Lipinski definition) is 3. The number of rotatable bonds is 1. The van der Waals surface area contributed by atoms with Crippen molar-refractivity contribution in [3.63, 3.8) is 0 Å². The quantitative estimate of drug-likeness (QED) is 0.533. The standard InChI is InChI=1S/C6H8N2O2/c1-5-3-7-4-6(9)8(5)10-2/h3-4H,1-2H3. The zero-order valence-electron chi connectivity index (χ0n) is 5.87. The zero-order valence-corrected chi connectivity index (χ0v) is 5.87. The van der Waals surface area contributed by atoms with Crippen molar-refractivity contribution < 1.29 is 4.84 Å². The molecule has 0 aromatic carbocycles. The lowest BCUT2D eigenvalue weighted by Crippen LogP contribution is -2.26. The molecular formula is C6H8N2O2. The third-order valence-electron chi connectivity index (χ3n) is 1.15. The van der Waals surface area contributed by atoms with Crippen molar-refractivity contribution in [2.45, 2.75) is 6.92 Å². The van der Waals surface area contributed by atoms with E-state index in [-0.39, 0.29) is 5.56 Å². The van der Waals surface area contributed by atoms with Gasteiger partial charge >= 0.3 is 5.56 Å². The van der Waals surface area contributed by atoms with Crippen molar-refractivity contribution in [1.29, 1.82) is 0 Å². The molecule has 1 heterocycles. The molecule has 4 heteroatoms. The van der Waals surface area contributed by atoms with Crippen molar-refractivity contribution in [2.75, 3.05) is 7.11 Å². The van der Waals surface area contributed by atoms with Crippen LogP contribution in [0.25, 0.3) is 0 Å². The molecule has 1 aromatic rings. The highest BCUT2D eigenvalue weighted by molar-refractivity contribution is 4.92. The fourth-order valence-corrected chi connectivity index (χ4v) is 0.722. The maximum Gasteiger partial charge on any atom is 0.301 e. The van der Waals surface area contributed by atoms with E-state index in [0.717, 1.165) is 0 Å². The average Bonchev–Trinajstić information content (AvgIpc) is 1.88. The molecule has 1 rings (SSSR count). The van der Waals surface area contributed by atoms with Crippen LogP contribution in [-0.4, -0.2) is 16.8 Å². The smallest absolute Gasteiger partial charge is 0.301 e. The van der Waals surface area contributed by atoms with E-state index in [4.69, 9.17) is 4.84 Å². The van der Waals surface area contributed by atoms with Crippen LogP contribution < -0.4 is 10.4 Å². The number of nitrogens with zero attached hydrogens (tertiary/aromatic N) is 2. The second-order valence-corrected chi connectivity index (χ2v) is 1.86. The number of aromatic nitrogens is 2. The first-order valence-electron chi connectivity index (χ1n) is 2.84. The van der Waals surface area contributed by atoms with Gasteiger partial charge in [0.05, 0.1) is 11.9 Å². The summed E-state index contributed by atoms with van der Waals surface area (Å²) in [4.78, 5) is 19.3. The van der Waals surface area contributed by atoms with Crippen LogP contribution >= 0.6 is 0 Å². The zero-order chi connectivity index (χ0) is 7.56. The Morgan fingerprint density at radius 1 is 1.60 bits per heavy atom. The molecule has 54 valence electrons. The summed E-state index contributed by atoms with van der Waals surface area (Å²) in [5.41, 5.74) is 0.442. The molecule has 10 heavy (non-hydrogen) atoms. The molecule has 0 saturated carbocycles. The van der Waals surface area contributed by atoms with E-state index in [1.54, 1.807) is 13.1 Å². The predicted octanol–water partition coefficient (Wildman–Crippen LogP) is -0.390. The Morgan fingerprint density at radius 2 is 2.30 bits per heavy atom. The molecule has 0 unspecified atom stereocenters. The molecule has 0 amide bonds. The minimum absolute atomic E-state index is 0.248. The normalized spacial score (nSPS) is 9.40. The topological polar surface area (TPSA) is 44.1 Å². The van der Waals surface area contributed by atoms with Gasteiger partial charge in [0.2, 0.25) is 0 Å². The SMILES string of the molecule is COn1c(C)cncc1=O. The molecule has 0 spiro atoms. The summed E-state index contributed by atoms with van der Waals surface area (Å²) in [5.74, 6) is 0. The largest absolute Gasteiger partial charge is 0.414 e. The molecule has 0 N–H and O–H groups in total. The molecule has 1 aromatic heterocycles. The summed E-state index contributed by atoms with van der Waals surface area (Å²) in [6.45, 7) is 1.75. The molecule has 0 fully saturated rings. The van der Waals surface area contributed by atoms with Gasteiger partial charge in [-0.15, -0.1) is 4.73 Å². The molecule has 0 aliphatic carbocycles. The van der Waals surface area contributed by atoms with Crippen LogP contribution in [-0.2, 0) is 0 Å². The highest BCUT2D eigenvalue weighted by atomic mass is 16.6. The minimum atomic E-state index is -0.248. The van der Waals surface area contributed by atoms with Gasteiger partial charge in [-0.05, 0) is 6.92 Å². The number of hydrogen-bond donors (Lipinski definition) is 0. The Labute approximate surface area is 58.0 Å². The van der Waals surface area contributed by atoms with E-state index in [0.29, 0.717) is 5.69 Å². The first-order valence-corrected chi connectivity index (χ1v) is 2.84. The van der Waals surface area contributed by atoms with Crippen LogP contribution in [0.5, 0.6) is 0 Å². The fraction of sp³-hybridized carbons (Fsp3) is 0.333. The van der Waals surface area contributed by atoms with Gasteiger partial charge in [-0.1, -0.05) is 0 Å². The lowest BCUT2D eigenvalue weighted by atomic mass is 10.5. The Bertz CT molecular complexity index is 279. The van der Waals surface area contributed by atoms with Crippen molar-refractivity contribution in [3.05, 3.63) is 28.4 Å². The van der Waals surface area contributed by atoms with E-state index in [1.165, 1.54) is 18.0 Å². The van der Waals surface area contributed by atoms with Crippen molar-refractivity contribution in [1.82, 2.24) is 9.71 Å². The van der Waals surface area contributed by atoms with Crippen molar-refractivity contribution in [2.24, 2.45) is 0 Å². The van der Waals surface area contributed by atoms with Gasteiger partial charge in [0.15, 0.2) is 0 Å². The van der Waals surface area contributed by atoms with Gasteiger partial charge in [-0.3, -0.25) is 9.78 Å². The Hall–Kier alpha value is -1.32. The van der Waals surface area contributed by atoms with E-state index in [2.05, 4.69) is 4.98 Å². The first-order chi connectivity index (χ1) is 4.75. The van der Waals surface area contributed by atoms with Gasteiger partial charge in [0.25, 0.3) is 0 Å². The van der Waals surface area contributed by atoms with Crippen LogP contribution in [0.3, 0.4) is 0 Å². The van der Waals surface area contributed by atoms with Crippen LogP contribution in [0.2, 0.25) is 0 Å². The Balaban J connectivity index is 3.31. The molecule has 4 nitrogen and oxygen atoms in total. The molecule has 0 radical (unpaired) electrons. The average molecular weight is 140 g/mol. The highest BCUT2D eigenvalue weighted by Crippen LogP contribution is 1.84. The van der Waals surface area contributed by atoms with Gasteiger partial charge in [-0.2, -0.15) is 0 Å². The Kier molecular flexibility index (Phi) is 1.71. The van der Waals surface area contributed by atoms with E-state index in [9.17, 15) is 4.79 Å². The molecular weight excluding hydrogens is 132 g/mol. The van der Waals surface area contributed by atoms with E-state index >= 15 is 0 Å². The van der Waals surface area contributed by atoms with Crippen molar-refractivity contribution in [3.8, 4) is 0 Å².